The van der Waals surface area contributed by atoms with Crippen LogP contribution in [0.15, 0.2) is 0 Å². The zero-order valence-electron chi connectivity index (χ0n) is 11.5. The van der Waals surface area contributed by atoms with E-state index in [9.17, 15) is 0 Å². The molecule has 0 spiro atoms. The normalized spacial score (nSPS) is 24.0. The zero-order valence-corrected chi connectivity index (χ0v) is 11.5. The lowest BCUT2D eigenvalue weighted by Crippen LogP contribution is -2.14. The van der Waals surface area contributed by atoms with Gasteiger partial charge in [-0.3, -0.25) is 0 Å². The summed E-state index contributed by atoms with van der Waals surface area (Å²) in [5.41, 5.74) is 0. The molecule has 1 aliphatic rings. The van der Waals surface area contributed by atoms with Gasteiger partial charge in [0.25, 0.3) is 0 Å². The third-order valence-corrected chi connectivity index (χ3v) is 2.34. The summed E-state index contributed by atoms with van der Waals surface area (Å²) in [6, 6.07) is 0. The largest absolute Gasteiger partial charge is 0.391 e. The topological polar surface area (TPSA) is 32.3 Å². The summed E-state index contributed by atoms with van der Waals surface area (Å²) < 4.78 is 0. The first-order chi connectivity index (χ1) is 7.07. The average Bonchev–Trinajstić information content (AvgIpc) is 2.55. The molecule has 15 heavy (non-hydrogen) atoms. The molecular formula is C13H31NO. The molecule has 0 saturated carbocycles. The van der Waals surface area contributed by atoms with Gasteiger partial charge in [-0.2, -0.15) is 0 Å². The molecule has 2 N–H and O–H groups in total. The van der Waals surface area contributed by atoms with Crippen molar-refractivity contribution < 1.29 is 5.11 Å². The van der Waals surface area contributed by atoms with Crippen LogP contribution in [0, 0.1) is 11.8 Å². The summed E-state index contributed by atoms with van der Waals surface area (Å²) in [5.74, 6) is 1.36. The minimum atomic E-state index is -0.0972. The van der Waals surface area contributed by atoms with Crippen molar-refractivity contribution >= 4 is 0 Å². The summed E-state index contributed by atoms with van der Waals surface area (Å²) in [6.07, 6.45) is 2.61. The van der Waals surface area contributed by atoms with Gasteiger partial charge in [0.05, 0.1) is 6.10 Å². The molecule has 1 aliphatic heterocycles. The number of aliphatic hydroxyl groups is 1. The first-order valence-corrected chi connectivity index (χ1v) is 6.46. The van der Waals surface area contributed by atoms with Crippen LogP contribution in [-0.4, -0.2) is 24.3 Å². The highest BCUT2D eigenvalue weighted by molar-refractivity contribution is 4.75. The van der Waals surface area contributed by atoms with Crippen molar-refractivity contribution in [2.24, 2.45) is 11.8 Å². The maximum Gasteiger partial charge on any atom is 0.0702 e. The van der Waals surface area contributed by atoms with Gasteiger partial charge in [0.1, 0.15) is 0 Å². The minimum Gasteiger partial charge on any atom is -0.391 e. The van der Waals surface area contributed by atoms with Crippen molar-refractivity contribution in [2.75, 3.05) is 13.1 Å². The molecule has 0 aliphatic carbocycles. The molecule has 1 rings (SSSR count). The lowest BCUT2D eigenvalue weighted by Gasteiger charge is -2.02. The molecule has 0 aromatic rings. The quantitative estimate of drug-likeness (QED) is 0.745. The van der Waals surface area contributed by atoms with Crippen molar-refractivity contribution in [3.05, 3.63) is 0 Å². The Kier molecular flexibility index (Phi) is 13.8. The fourth-order valence-electron chi connectivity index (χ4n) is 1.37. The van der Waals surface area contributed by atoms with E-state index in [-0.39, 0.29) is 6.10 Å². The van der Waals surface area contributed by atoms with Crippen LogP contribution in [-0.2, 0) is 0 Å². The van der Waals surface area contributed by atoms with Gasteiger partial charge < -0.3 is 10.4 Å². The van der Waals surface area contributed by atoms with Gasteiger partial charge in [0, 0.05) is 13.1 Å². The number of aliphatic hydroxyl groups excluding tert-OH is 1. The number of hydrogen-bond donors (Lipinski definition) is 2. The van der Waals surface area contributed by atoms with Gasteiger partial charge in [-0.15, -0.1) is 0 Å². The standard InChI is InChI=1S/C6H14.C5H11NO.C2H6/c1-4-5-6(2)3;1-4-2-6-3-5(4)7;1-2/h6H,4-5H2,1-3H3;4-7H,2-3H2,1H3;1-2H3/t;4?,5-;/m.0./s1. The first kappa shape index (κ1) is 17.3. The summed E-state index contributed by atoms with van der Waals surface area (Å²) in [4.78, 5) is 0. The predicted octanol–water partition coefficient (Wildman–Crippen LogP) is 3.06. The number of β-amino-alcohol motifs (C(OH)–C–C–N with tert-alkyl or cyclic N) is 1. The van der Waals surface area contributed by atoms with E-state index in [1.807, 2.05) is 20.8 Å². The Bertz CT molecular complexity index is 107. The second kappa shape index (κ2) is 12.0. The lowest BCUT2D eigenvalue weighted by molar-refractivity contribution is 0.156. The van der Waals surface area contributed by atoms with Crippen molar-refractivity contribution in [1.82, 2.24) is 5.32 Å². The van der Waals surface area contributed by atoms with E-state index in [1.54, 1.807) is 0 Å². The zero-order chi connectivity index (χ0) is 12.3. The van der Waals surface area contributed by atoms with Crippen LogP contribution in [0.2, 0.25) is 0 Å². The Morgan fingerprint density at radius 2 is 1.80 bits per heavy atom. The van der Waals surface area contributed by atoms with E-state index in [2.05, 4.69) is 26.1 Å². The highest BCUT2D eigenvalue weighted by Crippen LogP contribution is 2.05. The van der Waals surface area contributed by atoms with Gasteiger partial charge in [-0.05, 0) is 11.8 Å². The number of rotatable bonds is 2. The van der Waals surface area contributed by atoms with Gasteiger partial charge in [0.15, 0.2) is 0 Å². The molecule has 94 valence electrons. The van der Waals surface area contributed by atoms with Gasteiger partial charge >= 0.3 is 0 Å². The molecule has 2 nitrogen and oxygen atoms in total. The Balaban J connectivity index is 0. The predicted molar refractivity (Wildman–Crippen MR) is 69.1 cm³/mol. The van der Waals surface area contributed by atoms with Crippen LogP contribution >= 0.6 is 0 Å². The minimum absolute atomic E-state index is 0.0972. The lowest BCUT2D eigenvalue weighted by atomic mass is 10.1. The van der Waals surface area contributed by atoms with Crippen LogP contribution in [0.1, 0.15) is 54.4 Å². The van der Waals surface area contributed by atoms with E-state index in [0.29, 0.717) is 5.92 Å². The highest BCUT2D eigenvalue weighted by atomic mass is 16.3. The maximum atomic E-state index is 8.94. The van der Waals surface area contributed by atoms with E-state index in [1.165, 1.54) is 12.8 Å². The third kappa shape index (κ3) is 11.8. The van der Waals surface area contributed by atoms with Gasteiger partial charge in [-0.1, -0.05) is 54.4 Å². The fourth-order valence-corrected chi connectivity index (χ4v) is 1.37. The van der Waals surface area contributed by atoms with E-state index < -0.39 is 0 Å². The van der Waals surface area contributed by atoms with Crippen molar-refractivity contribution in [3.8, 4) is 0 Å². The molecular weight excluding hydrogens is 186 g/mol. The SMILES string of the molecule is CC.CC1CNC[C@@H]1O.CCCC(C)C. The summed E-state index contributed by atoms with van der Waals surface area (Å²) in [5, 5.41) is 12.0. The van der Waals surface area contributed by atoms with E-state index in [4.69, 9.17) is 5.11 Å². The average molecular weight is 217 g/mol. The molecule has 1 saturated heterocycles. The summed E-state index contributed by atoms with van der Waals surface area (Å²) >= 11 is 0. The molecule has 0 amide bonds. The number of nitrogens with one attached hydrogen (secondary N) is 1. The number of hydrogen-bond acceptors (Lipinski definition) is 2. The first-order valence-electron chi connectivity index (χ1n) is 6.46. The molecule has 0 aromatic heterocycles. The molecule has 2 heteroatoms. The molecule has 1 fully saturated rings. The molecule has 1 heterocycles. The molecule has 0 radical (unpaired) electrons. The van der Waals surface area contributed by atoms with Crippen molar-refractivity contribution in [2.45, 2.75) is 60.5 Å². The Hall–Kier alpha value is -0.0800. The molecule has 0 aromatic carbocycles. The second-order valence-electron chi connectivity index (χ2n) is 4.39. The molecule has 1 unspecified atom stereocenters. The molecule has 0 bridgehead atoms. The Labute approximate surface area is 96.5 Å². The fraction of sp³-hybridized carbons (Fsp3) is 1.00. The van der Waals surface area contributed by atoms with Crippen LogP contribution in [0.3, 0.4) is 0 Å². The van der Waals surface area contributed by atoms with Crippen LogP contribution in [0.5, 0.6) is 0 Å². The van der Waals surface area contributed by atoms with Gasteiger partial charge in [-0.25, -0.2) is 0 Å². The molecule has 2 atom stereocenters. The second-order valence-corrected chi connectivity index (χ2v) is 4.39. The van der Waals surface area contributed by atoms with Gasteiger partial charge in [0.2, 0.25) is 0 Å². The summed E-state index contributed by atoms with van der Waals surface area (Å²) in [7, 11) is 0. The Morgan fingerprint density at radius 3 is 1.87 bits per heavy atom. The third-order valence-electron chi connectivity index (χ3n) is 2.34. The van der Waals surface area contributed by atoms with Crippen LogP contribution in [0.25, 0.3) is 0 Å². The highest BCUT2D eigenvalue weighted by Gasteiger charge is 2.18. The van der Waals surface area contributed by atoms with Crippen molar-refractivity contribution in [1.29, 1.82) is 0 Å². The summed E-state index contributed by atoms with van der Waals surface area (Å²) in [6.45, 7) is 14.5. The smallest absolute Gasteiger partial charge is 0.0702 e. The van der Waals surface area contributed by atoms with Crippen LogP contribution in [0.4, 0.5) is 0 Å². The maximum absolute atomic E-state index is 8.94. The monoisotopic (exact) mass is 217 g/mol. The van der Waals surface area contributed by atoms with Crippen LogP contribution < -0.4 is 5.32 Å². The Morgan fingerprint density at radius 1 is 1.27 bits per heavy atom. The van der Waals surface area contributed by atoms with E-state index in [0.717, 1.165) is 19.0 Å². The van der Waals surface area contributed by atoms with E-state index >= 15 is 0 Å². The van der Waals surface area contributed by atoms with Crippen molar-refractivity contribution in [3.63, 3.8) is 0 Å².